The summed E-state index contributed by atoms with van der Waals surface area (Å²) in [5.41, 5.74) is 3.18. The van der Waals surface area contributed by atoms with Crippen LogP contribution >= 0.6 is 23.2 Å². The summed E-state index contributed by atoms with van der Waals surface area (Å²) in [7, 11) is 3.67. The molecule has 1 saturated heterocycles. The zero-order valence-corrected chi connectivity index (χ0v) is 36.2. The molecule has 2 atom stereocenters. The van der Waals surface area contributed by atoms with E-state index in [4.69, 9.17) is 56.3 Å². The lowest BCUT2D eigenvalue weighted by atomic mass is 9.99. The number of likely N-dealkylation sites (N-methyl/N-ethyl adjacent to an activating group) is 1. The monoisotopic (exact) mass is 906 g/mol. The van der Waals surface area contributed by atoms with E-state index in [0.29, 0.717) is 63.1 Å². The van der Waals surface area contributed by atoms with Gasteiger partial charge in [0.25, 0.3) is 0 Å². The number of carboxylic acids is 1. The number of aromatic nitrogens is 4. The second-order valence-electron chi connectivity index (χ2n) is 15.4. The van der Waals surface area contributed by atoms with Gasteiger partial charge in [0, 0.05) is 62.0 Å². The number of piperazine rings is 1. The molecule has 4 bridgehead atoms. The molecule has 6 heterocycles. The minimum atomic E-state index is -1.51. The van der Waals surface area contributed by atoms with Gasteiger partial charge in [0.2, 0.25) is 17.7 Å². The Balaban J connectivity index is 1.13. The highest BCUT2D eigenvalue weighted by Crippen LogP contribution is 2.47. The summed E-state index contributed by atoms with van der Waals surface area (Å²) in [6, 6.07) is 23.4. The van der Waals surface area contributed by atoms with Gasteiger partial charge in [-0.2, -0.15) is 0 Å². The standard InChI is InChI=1S/C47H41Cl2FN6O8/c1-55-15-17-56(18-16-55)23-33-25-60-32-11-12-37(61-24-31-13-14-51-44(54-31)34-5-3-4-6-38(34)59-2)28(19-32)22-39(47(57)58)63-45-41-40(29-20-35(48)43(62-33)36(49)21-29)42(64-46(41)53-26-52-45)27-7-9-30(50)10-8-27/h3-14,19-21,26,33,39H,15-18,22-25H2,1-2H3,(H,57,58)/t33-,39-/m1/s1. The molecule has 0 aliphatic carbocycles. The van der Waals surface area contributed by atoms with Crippen molar-refractivity contribution in [3.63, 3.8) is 0 Å². The number of furan rings is 1. The van der Waals surface area contributed by atoms with Gasteiger partial charge >= 0.3 is 5.97 Å². The highest BCUT2D eigenvalue weighted by molar-refractivity contribution is 6.37. The largest absolute Gasteiger partial charge is 0.496 e. The minimum absolute atomic E-state index is 0.0211. The zero-order chi connectivity index (χ0) is 44.3. The average molecular weight is 908 g/mol. The molecule has 0 unspecified atom stereocenters. The van der Waals surface area contributed by atoms with E-state index in [1.165, 1.54) is 18.5 Å². The lowest BCUT2D eigenvalue weighted by molar-refractivity contribution is -0.145. The molecule has 1 fully saturated rings. The molecule has 1 N–H and O–H groups in total. The van der Waals surface area contributed by atoms with Gasteiger partial charge in [-0.1, -0.05) is 35.3 Å². The van der Waals surface area contributed by atoms with Crippen molar-refractivity contribution < 1.29 is 42.4 Å². The second kappa shape index (κ2) is 18.7. The molecule has 0 amide bonds. The van der Waals surface area contributed by atoms with E-state index in [2.05, 4.69) is 31.8 Å². The van der Waals surface area contributed by atoms with Crippen molar-refractivity contribution in [2.45, 2.75) is 25.2 Å². The van der Waals surface area contributed by atoms with Crippen molar-refractivity contribution in [3.8, 4) is 62.7 Å². The SMILES string of the molecule is COc1ccccc1-c1nccc(COc2ccc3cc2C[C@H](C(=O)O)Oc2ncnc4oc(-c5ccc(F)cc5)c(c24)-c2cc(Cl)c(c(Cl)c2)O[C@H](CN2CCN(C)CC2)CO3)n1. The van der Waals surface area contributed by atoms with Crippen LogP contribution < -0.4 is 23.7 Å². The Morgan fingerprint density at radius 2 is 1.69 bits per heavy atom. The van der Waals surface area contributed by atoms with E-state index in [1.807, 2.05) is 24.3 Å². The van der Waals surface area contributed by atoms with Crippen molar-refractivity contribution in [2.75, 3.05) is 53.5 Å². The minimum Gasteiger partial charge on any atom is -0.496 e. The number of ether oxygens (including phenoxy) is 5. The molecule has 328 valence electrons. The van der Waals surface area contributed by atoms with Gasteiger partial charge in [0.05, 0.1) is 28.4 Å². The summed E-state index contributed by atoms with van der Waals surface area (Å²) in [4.78, 5) is 35.7. The quantitative estimate of drug-likeness (QED) is 0.147. The molecular formula is C47H41Cl2FN6O8. The van der Waals surface area contributed by atoms with Crippen LogP contribution in [0, 0.1) is 5.82 Å². The highest BCUT2D eigenvalue weighted by atomic mass is 35.5. The molecule has 3 aliphatic rings. The third-order valence-corrected chi connectivity index (χ3v) is 11.6. The summed E-state index contributed by atoms with van der Waals surface area (Å²) in [6.45, 7) is 4.03. The van der Waals surface area contributed by atoms with E-state index in [-0.39, 0.29) is 58.2 Å². The van der Waals surface area contributed by atoms with Crippen molar-refractivity contribution in [1.82, 2.24) is 29.7 Å². The normalized spacial score (nSPS) is 17.0. The van der Waals surface area contributed by atoms with Crippen LogP contribution in [0.3, 0.4) is 0 Å². The second-order valence-corrected chi connectivity index (χ2v) is 16.2. The molecule has 7 aromatic rings. The maximum Gasteiger partial charge on any atom is 0.345 e. The molecule has 4 aromatic carbocycles. The highest BCUT2D eigenvalue weighted by Gasteiger charge is 2.30. The summed E-state index contributed by atoms with van der Waals surface area (Å²) >= 11 is 14.1. The topological polar surface area (TPSA) is 155 Å². The van der Waals surface area contributed by atoms with Crippen molar-refractivity contribution in [3.05, 3.63) is 125 Å². The van der Waals surface area contributed by atoms with E-state index in [9.17, 15) is 14.3 Å². The van der Waals surface area contributed by atoms with Gasteiger partial charge in [0.15, 0.2) is 11.6 Å². The summed E-state index contributed by atoms with van der Waals surface area (Å²) in [5.74, 6) is 0.579. The first kappa shape index (κ1) is 42.8. The Labute approximate surface area is 377 Å². The van der Waals surface area contributed by atoms with Crippen molar-refractivity contribution in [1.29, 1.82) is 0 Å². The third-order valence-electron chi connectivity index (χ3n) is 11.0. The number of rotatable bonds is 9. The number of fused-ring (bicyclic) bond motifs is 7. The number of hydrogen-bond acceptors (Lipinski definition) is 13. The first-order chi connectivity index (χ1) is 31.1. The number of carboxylic acid groups (broad SMARTS) is 1. The lowest BCUT2D eigenvalue weighted by Crippen LogP contribution is -2.49. The van der Waals surface area contributed by atoms with Crippen LogP contribution in [0.1, 0.15) is 11.3 Å². The smallest absolute Gasteiger partial charge is 0.345 e. The van der Waals surface area contributed by atoms with Crippen LogP contribution in [0.5, 0.6) is 28.9 Å². The molecule has 64 heavy (non-hydrogen) atoms. The molecule has 17 heteroatoms. The number of aliphatic carboxylic acids is 1. The van der Waals surface area contributed by atoms with E-state index >= 15 is 0 Å². The van der Waals surface area contributed by atoms with Gasteiger partial charge in [-0.15, -0.1) is 0 Å². The Bertz CT molecular complexity index is 2800. The molecule has 0 spiro atoms. The van der Waals surface area contributed by atoms with Crippen LogP contribution in [0.2, 0.25) is 10.0 Å². The van der Waals surface area contributed by atoms with Crippen LogP contribution in [-0.2, 0) is 17.8 Å². The zero-order valence-electron chi connectivity index (χ0n) is 34.7. The third kappa shape index (κ3) is 9.24. The Morgan fingerprint density at radius 1 is 0.906 bits per heavy atom. The summed E-state index contributed by atoms with van der Waals surface area (Å²) in [6.07, 6.45) is 0.605. The molecule has 14 nitrogen and oxygen atoms in total. The number of benzene rings is 4. The van der Waals surface area contributed by atoms with Gasteiger partial charge in [-0.3, -0.25) is 4.90 Å². The first-order valence-corrected chi connectivity index (χ1v) is 21.2. The fraction of sp³-hybridized carbons (Fsp3) is 0.255. The molecular weight excluding hydrogens is 866 g/mol. The molecule has 3 aromatic heterocycles. The predicted molar refractivity (Wildman–Crippen MR) is 237 cm³/mol. The van der Waals surface area contributed by atoms with Crippen molar-refractivity contribution >= 4 is 40.3 Å². The number of methoxy groups -OCH3 is 1. The Morgan fingerprint density at radius 3 is 2.45 bits per heavy atom. The van der Waals surface area contributed by atoms with Crippen LogP contribution in [0.15, 0.2) is 102 Å². The van der Waals surface area contributed by atoms with Crippen LogP contribution in [-0.4, -0.2) is 107 Å². The van der Waals surface area contributed by atoms with Crippen LogP contribution in [0.25, 0.3) is 44.9 Å². The van der Waals surface area contributed by atoms with Gasteiger partial charge < -0.3 is 38.1 Å². The van der Waals surface area contributed by atoms with E-state index in [1.54, 1.807) is 61.8 Å². The Hall–Kier alpha value is -6.52. The molecule has 0 saturated carbocycles. The van der Waals surface area contributed by atoms with Crippen LogP contribution in [0.4, 0.5) is 4.39 Å². The molecule has 0 radical (unpaired) electrons. The van der Waals surface area contributed by atoms with E-state index < -0.39 is 24.0 Å². The summed E-state index contributed by atoms with van der Waals surface area (Å²) in [5, 5.41) is 11.4. The fourth-order valence-corrected chi connectivity index (χ4v) is 8.31. The van der Waals surface area contributed by atoms with E-state index in [0.717, 1.165) is 26.2 Å². The number of carbonyl (C=O) groups is 1. The predicted octanol–water partition coefficient (Wildman–Crippen LogP) is 8.51. The van der Waals surface area contributed by atoms with Gasteiger partial charge in [-0.05, 0) is 85.4 Å². The number of halogens is 3. The van der Waals surface area contributed by atoms with Gasteiger partial charge in [-0.25, -0.2) is 29.1 Å². The average Bonchev–Trinajstić information content (AvgIpc) is 3.70. The fourth-order valence-electron chi connectivity index (χ4n) is 7.74. The number of nitrogens with zero attached hydrogens (tertiary/aromatic N) is 6. The maximum atomic E-state index is 14.2. The molecule has 10 rings (SSSR count). The van der Waals surface area contributed by atoms with Crippen molar-refractivity contribution in [2.24, 2.45) is 0 Å². The molecule has 3 aliphatic heterocycles. The first-order valence-electron chi connectivity index (χ1n) is 20.4. The number of para-hydroxylation sites is 1. The van der Waals surface area contributed by atoms with Gasteiger partial charge in [0.1, 0.15) is 59.9 Å². The lowest BCUT2D eigenvalue weighted by Gasteiger charge is -2.34. The Kier molecular flexibility index (Phi) is 12.5. The maximum absolute atomic E-state index is 14.2. The number of hydrogen-bond donors (Lipinski definition) is 1. The summed E-state index contributed by atoms with van der Waals surface area (Å²) < 4.78 is 51.9.